The normalized spacial score (nSPS) is 18.9. The minimum Gasteiger partial charge on any atom is -0.368 e. The Kier molecular flexibility index (Phi) is 4.24. The number of hydrogen-bond acceptors (Lipinski definition) is 3. The third-order valence-corrected chi connectivity index (χ3v) is 4.73. The molecule has 0 aromatic heterocycles. The zero-order chi connectivity index (χ0) is 17.2. The van der Waals surface area contributed by atoms with Gasteiger partial charge in [0.15, 0.2) is 0 Å². The molecule has 5 heteroatoms. The highest BCUT2D eigenvalue weighted by Crippen LogP contribution is 2.31. The molecule has 0 radical (unpaired) electrons. The molecule has 5 nitrogen and oxygen atoms in total. The van der Waals surface area contributed by atoms with Crippen molar-refractivity contribution in [3.8, 4) is 0 Å². The molecule has 2 amide bonds. The molecule has 128 valence electrons. The van der Waals surface area contributed by atoms with Crippen LogP contribution >= 0.6 is 0 Å². The Morgan fingerprint density at radius 2 is 1.96 bits per heavy atom. The third-order valence-electron chi connectivity index (χ3n) is 4.73. The zero-order valence-electron chi connectivity index (χ0n) is 13.9. The van der Waals surface area contributed by atoms with Crippen molar-refractivity contribution in [1.29, 1.82) is 0 Å². The Labute approximate surface area is 146 Å². The van der Waals surface area contributed by atoms with Gasteiger partial charge in [-0.2, -0.15) is 0 Å². The van der Waals surface area contributed by atoms with E-state index in [1.165, 1.54) is 0 Å². The lowest BCUT2D eigenvalue weighted by molar-refractivity contribution is -0.124. The minimum absolute atomic E-state index is 0.00971. The van der Waals surface area contributed by atoms with Crippen LogP contribution in [-0.2, 0) is 16.0 Å². The van der Waals surface area contributed by atoms with Crippen LogP contribution in [0.2, 0.25) is 0 Å². The number of fused-ring (bicyclic) bond motifs is 1. The van der Waals surface area contributed by atoms with Gasteiger partial charge in [-0.15, -0.1) is 0 Å². The van der Waals surface area contributed by atoms with Crippen molar-refractivity contribution in [2.75, 3.05) is 23.4 Å². The largest absolute Gasteiger partial charge is 0.368 e. The summed E-state index contributed by atoms with van der Waals surface area (Å²) in [5, 5.41) is 2.92. The fraction of sp³-hybridized carbons (Fsp3) is 0.300. The number of ether oxygens (including phenoxy) is 1. The van der Waals surface area contributed by atoms with Crippen molar-refractivity contribution in [2.45, 2.75) is 25.4 Å². The first-order valence-corrected chi connectivity index (χ1v) is 8.65. The van der Waals surface area contributed by atoms with Crippen LogP contribution in [0.5, 0.6) is 0 Å². The van der Waals surface area contributed by atoms with Crippen molar-refractivity contribution in [1.82, 2.24) is 0 Å². The number of nitrogens with one attached hydrogen (secondary N) is 1. The SMILES string of the molecule is O=C(Nc1ccc2c(c1)CCN2C(=O)c1ccccc1)C1CCCO1. The fourth-order valence-corrected chi connectivity index (χ4v) is 3.43. The van der Waals surface area contributed by atoms with E-state index in [9.17, 15) is 9.59 Å². The molecule has 2 aromatic carbocycles. The number of hydrogen-bond donors (Lipinski definition) is 1. The first-order valence-electron chi connectivity index (χ1n) is 8.65. The third kappa shape index (κ3) is 3.15. The molecule has 2 heterocycles. The summed E-state index contributed by atoms with van der Waals surface area (Å²) in [6.07, 6.45) is 2.15. The van der Waals surface area contributed by atoms with Gasteiger partial charge in [0.2, 0.25) is 0 Å². The monoisotopic (exact) mass is 336 g/mol. The lowest BCUT2D eigenvalue weighted by atomic mass is 10.1. The van der Waals surface area contributed by atoms with Gasteiger partial charge >= 0.3 is 0 Å². The molecular weight excluding hydrogens is 316 g/mol. The summed E-state index contributed by atoms with van der Waals surface area (Å²) < 4.78 is 5.41. The summed E-state index contributed by atoms with van der Waals surface area (Å²) in [7, 11) is 0. The number of amides is 2. The number of carbonyl (C=O) groups is 2. The van der Waals surface area contributed by atoms with E-state index in [-0.39, 0.29) is 17.9 Å². The molecule has 4 rings (SSSR count). The lowest BCUT2D eigenvalue weighted by Crippen LogP contribution is -2.28. The molecule has 0 bridgehead atoms. The molecule has 1 fully saturated rings. The smallest absolute Gasteiger partial charge is 0.258 e. The molecule has 1 saturated heterocycles. The van der Waals surface area contributed by atoms with E-state index in [2.05, 4.69) is 5.32 Å². The molecule has 2 aliphatic heterocycles. The fourth-order valence-electron chi connectivity index (χ4n) is 3.43. The van der Waals surface area contributed by atoms with Crippen LogP contribution in [0.4, 0.5) is 11.4 Å². The van der Waals surface area contributed by atoms with Crippen LogP contribution in [0.3, 0.4) is 0 Å². The minimum atomic E-state index is -0.343. The maximum absolute atomic E-state index is 12.7. The van der Waals surface area contributed by atoms with Gasteiger partial charge in [-0.1, -0.05) is 18.2 Å². The van der Waals surface area contributed by atoms with Gasteiger partial charge in [-0.25, -0.2) is 0 Å². The van der Waals surface area contributed by atoms with Crippen LogP contribution < -0.4 is 10.2 Å². The second-order valence-corrected chi connectivity index (χ2v) is 6.41. The molecule has 2 aliphatic rings. The van der Waals surface area contributed by atoms with Crippen LogP contribution in [-0.4, -0.2) is 31.1 Å². The Morgan fingerprint density at radius 1 is 1.12 bits per heavy atom. The molecular formula is C20H20N2O3. The van der Waals surface area contributed by atoms with Gasteiger partial charge in [0.25, 0.3) is 11.8 Å². The van der Waals surface area contributed by atoms with Gasteiger partial charge in [-0.3, -0.25) is 9.59 Å². The Balaban J connectivity index is 1.50. The van der Waals surface area contributed by atoms with Crippen molar-refractivity contribution < 1.29 is 14.3 Å². The summed E-state index contributed by atoms with van der Waals surface area (Å²) >= 11 is 0. The first-order chi connectivity index (χ1) is 12.2. The van der Waals surface area contributed by atoms with Crippen LogP contribution in [0.25, 0.3) is 0 Å². The van der Waals surface area contributed by atoms with E-state index in [1.54, 1.807) is 4.90 Å². The molecule has 1 atom stereocenters. The topological polar surface area (TPSA) is 58.6 Å². The van der Waals surface area contributed by atoms with E-state index < -0.39 is 0 Å². The summed E-state index contributed by atoms with van der Waals surface area (Å²) in [5.41, 5.74) is 3.44. The van der Waals surface area contributed by atoms with Crippen molar-refractivity contribution in [3.05, 3.63) is 59.7 Å². The van der Waals surface area contributed by atoms with Gasteiger partial charge in [-0.05, 0) is 55.2 Å². The second-order valence-electron chi connectivity index (χ2n) is 6.41. The average molecular weight is 336 g/mol. The number of anilines is 2. The van der Waals surface area contributed by atoms with Crippen molar-refractivity contribution in [2.24, 2.45) is 0 Å². The van der Waals surface area contributed by atoms with Gasteiger partial charge < -0.3 is 15.0 Å². The van der Waals surface area contributed by atoms with E-state index in [0.29, 0.717) is 18.7 Å². The lowest BCUT2D eigenvalue weighted by Gasteiger charge is -2.18. The van der Waals surface area contributed by atoms with Crippen LogP contribution in [0.15, 0.2) is 48.5 Å². The maximum Gasteiger partial charge on any atom is 0.258 e. The Morgan fingerprint density at radius 3 is 2.72 bits per heavy atom. The summed E-state index contributed by atoms with van der Waals surface area (Å²) in [5.74, 6) is -0.0804. The number of carbonyl (C=O) groups excluding carboxylic acids is 2. The highest BCUT2D eigenvalue weighted by atomic mass is 16.5. The van der Waals surface area contributed by atoms with Crippen LogP contribution in [0, 0.1) is 0 Å². The molecule has 1 N–H and O–H groups in total. The highest BCUT2D eigenvalue weighted by molar-refractivity contribution is 6.07. The van der Waals surface area contributed by atoms with E-state index >= 15 is 0 Å². The first kappa shape index (κ1) is 15.8. The molecule has 0 spiro atoms. The van der Waals surface area contributed by atoms with E-state index in [1.807, 2.05) is 48.5 Å². The van der Waals surface area contributed by atoms with Crippen molar-refractivity contribution >= 4 is 23.2 Å². The second kappa shape index (κ2) is 6.69. The molecule has 25 heavy (non-hydrogen) atoms. The van der Waals surface area contributed by atoms with Crippen molar-refractivity contribution in [3.63, 3.8) is 0 Å². The molecule has 1 unspecified atom stereocenters. The molecule has 0 aliphatic carbocycles. The van der Waals surface area contributed by atoms with E-state index in [0.717, 1.165) is 36.2 Å². The highest BCUT2D eigenvalue weighted by Gasteiger charge is 2.27. The maximum atomic E-state index is 12.7. The number of rotatable bonds is 3. The van der Waals surface area contributed by atoms with Gasteiger partial charge in [0.1, 0.15) is 6.10 Å². The summed E-state index contributed by atoms with van der Waals surface area (Å²) in [4.78, 5) is 26.7. The van der Waals surface area contributed by atoms with Crippen LogP contribution in [0.1, 0.15) is 28.8 Å². The Bertz CT molecular complexity index is 798. The quantitative estimate of drug-likeness (QED) is 0.937. The summed E-state index contributed by atoms with van der Waals surface area (Å²) in [6.45, 7) is 1.31. The Hall–Kier alpha value is -2.66. The predicted molar refractivity (Wildman–Crippen MR) is 95.9 cm³/mol. The standard InChI is InChI=1S/C20H20N2O3/c23-19(18-7-4-12-25-18)21-16-8-9-17-15(13-16)10-11-22(17)20(24)14-5-2-1-3-6-14/h1-3,5-6,8-9,13,18H,4,7,10-12H2,(H,21,23). The number of benzene rings is 2. The predicted octanol–water partition coefficient (Wildman–Crippen LogP) is 3.01. The summed E-state index contributed by atoms with van der Waals surface area (Å²) in [6, 6.07) is 15.0. The van der Waals surface area contributed by atoms with Gasteiger partial charge in [0.05, 0.1) is 0 Å². The molecule has 0 saturated carbocycles. The molecule has 2 aromatic rings. The van der Waals surface area contributed by atoms with Gasteiger partial charge in [0, 0.05) is 30.1 Å². The number of nitrogens with zero attached hydrogens (tertiary/aromatic N) is 1. The average Bonchev–Trinajstić information content (AvgIpc) is 3.31. The van der Waals surface area contributed by atoms with E-state index in [4.69, 9.17) is 4.74 Å². The zero-order valence-corrected chi connectivity index (χ0v) is 13.9.